The summed E-state index contributed by atoms with van der Waals surface area (Å²) in [5.74, 6) is 0.331. The van der Waals surface area contributed by atoms with Gasteiger partial charge in [-0.05, 0) is 24.8 Å². The molecule has 4 heterocycles. The van der Waals surface area contributed by atoms with Crippen molar-refractivity contribution in [3.8, 4) is 10.4 Å². The molecule has 0 spiro atoms. The molecule has 144 valence electrons. The first-order chi connectivity index (χ1) is 13.6. The monoisotopic (exact) mass is 413 g/mol. The Labute approximate surface area is 169 Å². The van der Waals surface area contributed by atoms with Gasteiger partial charge in [0.25, 0.3) is 5.56 Å². The molecule has 7 nitrogen and oxygen atoms in total. The first-order valence-electron chi connectivity index (χ1n) is 8.92. The van der Waals surface area contributed by atoms with Crippen molar-refractivity contribution in [2.75, 3.05) is 5.32 Å². The lowest BCUT2D eigenvalue weighted by Gasteiger charge is -2.14. The Bertz CT molecular complexity index is 1170. The highest BCUT2D eigenvalue weighted by Crippen LogP contribution is 2.33. The van der Waals surface area contributed by atoms with Crippen LogP contribution in [0.25, 0.3) is 20.7 Å². The average molecular weight is 414 g/mol. The van der Waals surface area contributed by atoms with Gasteiger partial charge in [-0.1, -0.05) is 13.0 Å². The van der Waals surface area contributed by atoms with Gasteiger partial charge in [-0.3, -0.25) is 14.2 Å². The van der Waals surface area contributed by atoms with Crippen molar-refractivity contribution in [1.29, 1.82) is 0 Å². The van der Waals surface area contributed by atoms with Crippen LogP contribution >= 0.6 is 22.7 Å². The Kier molecular flexibility index (Phi) is 5.10. The van der Waals surface area contributed by atoms with Gasteiger partial charge >= 0.3 is 0 Å². The molecule has 1 atom stereocenters. The smallest absolute Gasteiger partial charge is 0.263 e. The summed E-state index contributed by atoms with van der Waals surface area (Å²) in [6.07, 6.45) is 3.99. The van der Waals surface area contributed by atoms with Gasteiger partial charge in [0.05, 0.1) is 24.0 Å². The van der Waals surface area contributed by atoms with E-state index in [9.17, 15) is 9.59 Å². The van der Waals surface area contributed by atoms with Gasteiger partial charge < -0.3 is 5.32 Å². The number of hydrogen-bond donors (Lipinski definition) is 1. The summed E-state index contributed by atoms with van der Waals surface area (Å²) in [7, 11) is 0. The van der Waals surface area contributed by atoms with E-state index < -0.39 is 0 Å². The molecule has 1 unspecified atom stereocenters. The van der Waals surface area contributed by atoms with E-state index in [1.165, 1.54) is 22.2 Å². The molecule has 4 aromatic rings. The number of rotatable bonds is 6. The molecular formula is C19H19N5O2S2. The summed E-state index contributed by atoms with van der Waals surface area (Å²) in [4.78, 5) is 31.6. The van der Waals surface area contributed by atoms with Gasteiger partial charge in [-0.15, -0.1) is 22.7 Å². The summed E-state index contributed by atoms with van der Waals surface area (Å²) in [5, 5.41) is 11.6. The van der Waals surface area contributed by atoms with E-state index in [0.29, 0.717) is 16.0 Å². The minimum Gasteiger partial charge on any atom is -0.309 e. The van der Waals surface area contributed by atoms with E-state index in [0.717, 1.165) is 16.9 Å². The van der Waals surface area contributed by atoms with Gasteiger partial charge in [0, 0.05) is 21.9 Å². The van der Waals surface area contributed by atoms with Crippen molar-refractivity contribution >= 4 is 44.6 Å². The second kappa shape index (κ2) is 7.69. The van der Waals surface area contributed by atoms with Gasteiger partial charge in [-0.25, -0.2) is 9.67 Å². The third kappa shape index (κ3) is 3.38. The van der Waals surface area contributed by atoms with E-state index >= 15 is 0 Å². The van der Waals surface area contributed by atoms with Crippen LogP contribution in [0.1, 0.15) is 26.3 Å². The molecule has 9 heteroatoms. The second-order valence-electron chi connectivity index (χ2n) is 6.45. The third-order valence-corrected chi connectivity index (χ3v) is 6.40. The van der Waals surface area contributed by atoms with Crippen LogP contribution in [0.15, 0.2) is 46.3 Å². The van der Waals surface area contributed by atoms with E-state index in [1.54, 1.807) is 28.3 Å². The molecule has 28 heavy (non-hydrogen) atoms. The predicted octanol–water partition coefficient (Wildman–Crippen LogP) is 3.99. The Morgan fingerprint density at radius 2 is 2.18 bits per heavy atom. The molecule has 4 aromatic heterocycles. The first-order valence-corrected chi connectivity index (χ1v) is 10.7. The quantitative estimate of drug-likeness (QED) is 0.518. The van der Waals surface area contributed by atoms with E-state index in [1.807, 2.05) is 29.8 Å². The highest BCUT2D eigenvalue weighted by atomic mass is 32.1. The molecule has 1 amide bonds. The van der Waals surface area contributed by atoms with Gasteiger partial charge in [0.1, 0.15) is 17.2 Å². The number of thiophene rings is 2. The number of anilines is 1. The number of nitrogens with one attached hydrogen (secondary N) is 1. The Hall–Kier alpha value is -2.78. The number of amides is 1. The summed E-state index contributed by atoms with van der Waals surface area (Å²) < 4.78 is 3.13. The molecule has 0 aliphatic heterocycles. The van der Waals surface area contributed by atoms with E-state index in [2.05, 4.69) is 22.3 Å². The minimum absolute atomic E-state index is 0.104. The van der Waals surface area contributed by atoms with Crippen LogP contribution in [-0.4, -0.2) is 25.2 Å². The molecule has 1 N–H and O–H groups in total. The maximum Gasteiger partial charge on any atom is 0.263 e. The predicted molar refractivity (Wildman–Crippen MR) is 113 cm³/mol. The Balaban J connectivity index is 1.61. The maximum atomic E-state index is 13.0. The van der Waals surface area contributed by atoms with Crippen molar-refractivity contribution in [1.82, 2.24) is 19.3 Å². The van der Waals surface area contributed by atoms with Crippen molar-refractivity contribution in [2.45, 2.75) is 32.9 Å². The molecular weight excluding hydrogens is 394 g/mol. The van der Waals surface area contributed by atoms with Crippen LogP contribution < -0.4 is 10.9 Å². The topological polar surface area (TPSA) is 81.8 Å². The lowest BCUT2D eigenvalue weighted by atomic mass is 10.2. The van der Waals surface area contributed by atoms with Gasteiger partial charge in [0.15, 0.2) is 0 Å². The number of carbonyl (C=O) groups is 1. The fraction of sp³-hybridized carbons (Fsp3) is 0.263. The summed E-state index contributed by atoms with van der Waals surface area (Å²) in [6, 6.07) is 5.85. The zero-order valence-corrected chi connectivity index (χ0v) is 17.1. The summed E-state index contributed by atoms with van der Waals surface area (Å²) in [6.45, 7) is 3.99. The molecule has 0 saturated heterocycles. The molecule has 4 rings (SSSR count). The lowest BCUT2D eigenvalue weighted by molar-refractivity contribution is -0.116. The van der Waals surface area contributed by atoms with E-state index in [-0.39, 0.29) is 24.1 Å². The molecule has 0 fully saturated rings. The summed E-state index contributed by atoms with van der Waals surface area (Å²) in [5.41, 5.74) is 0.664. The molecule has 0 radical (unpaired) electrons. The SMILES string of the molecule is CCC(C)n1nccc1NC(=O)Cn1cnc2scc(-c3cccs3)c2c1=O. The van der Waals surface area contributed by atoms with Crippen LogP contribution in [-0.2, 0) is 11.3 Å². The molecule has 0 aliphatic carbocycles. The number of nitrogens with zero attached hydrogens (tertiary/aromatic N) is 4. The van der Waals surface area contributed by atoms with Crippen molar-refractivity contribution < 1.29 is 4.79 Å². The average Bonchev–Trinajstić information content (AvgIpc) is 3.43. The Morgan fingerprint density at radius 1 is 1.32 bits per heavy atom. The molecule has 0 bridgehead atoms. The highest BCUT2D eigenvalue weighted by molar-refractivity contribution is 7.18. The minimum atomic E-state index is -0.291. The first kappa shape index (κ1) is 18.6. The maximum absolute atomic E-state index is 13.0. The lowest BCUT2D eigenvalue weighted by Crippen LogP contribution is -2.28. The van der Waals surface area contributed by atoms with Crippen LogP contribution in [0.3, 0.4) is 0 Å². The van der Waals surface area contributed by atoms with Crippen LogP contribution in [0.2, 0.25) is 0 Å². The van der Waals surface area contributed by atoms with Crippen molar-refractivity contribution in [3.05, 3.63) is 51.8 Å². The summed E-state index contributed by atoms with van der Waals surface area (Å²) >= 11 is 3.01. The molecule has 0 aliphatic rings. The number of carbonyl (C=O) groups excluding carboxylic acids is 1. The zero-order chi connectivity index (χ0) is 19.7. The van der Waals surface area contributed by atoms with Crippen LogP contribution in [0.4, 0.5) is 5.82 Å². The van der Waals surface area contributed by atoms with Crippen molar-refractivity contribution in [3.63, 3.8) is 0 Å². The number of aromatic nitrogens is 4. The normalized spacial score (nSPS) is 12.4. The second-order valence-corrected chi connectivity index (χ2v) is 8.26. The van der Waals surface area contributed by atoms with E-state index in [4.69, 9.17) is 0 Å². The largest absolute Gasteiger partial charge is 0.309 e. The third-order valence-electron chi connectivity index (χ3n) is 4.61. The van der Waals surface area contributed by atoms with Crippen LogP contribution in [0.5, 0.6) is 0 Å². The zero-order valence-electron chi connectivity index (χ0n) is 15.5. The van der Waals surface area contributed by atoms with Gasteiger partial charge in [0.2, 0.25) is 5.91 Å². The fourth-order valence-corrected chi connectivity index (χ4v) is 4.69. The standard InChI is InChI=1S/C19H19N5O2S2/c1-3-12(2)24-15(6-7-21-24)22-16(25)9-23-11-20-18-17(19(23)26)13(10-28-18)14-5-4-8-27-14/h4-8,10-12H,3,9H2,1-2H3,(H,22,25). The van der Waals surface area contributed by atoms with Crippen molar-refractivity contribution in [2.24, 2.45) is 0 Å². The molecule has 0 aromatic carbocycles. The number of hydrogen-bond acceptors (Lipinski definition) is 6. The molecule has 0 saturated carbocycles. The fourth-order valence-electron chi connectivity index (χ4n) is 2.97. The van der Waals surface area contributed by atoms with Gasteiger partial charge in [-0.2, -0.15) is 5.10 Å². The Morgan fingerprint density at radius 3 is 2.93 bits per heavy atom. The highest BCUT2D eigenvalue weighted by Gasteiger charge is 2.16. The van der Waals surface area contributed by atoms with Crippen LogP contribution in [0, 0.1) is 0 Å². The number of fused-ring (bicyclic) bond motifs is 1.